The zero-order chi connectivity index (χ0) is 10.9. The molecule has 0 saturated heterocycles. The van der Waals surface area contributed by atoms with E-state index in [9.17, 15) is 4.39 Å². The van der Waals surface area contributed by atoms with Gasteiger partial charge in [-0.05, 0) is 43.0 Å². The van der Waals surface area contributed by atoms with E-state index in [0.717, 1.165) is 24.9 Å². The molecule has 1 nitrogen and oxygen atoms in total. The highest BCUT2D eigenvalue weighted by molar-refractivity contribution is 5.36. The molecule has 1 aromatic carbocycles. The number of fused-ring (bicyclic) bond motifs is 1. The Morgan fingerprint density at radius 3 is 3.13 bits per heavy atom. The van der Waals surface area contributed by atoms with Gasteiger partial charge in [-0.15, -0.1) is 6.58 Å². The third-order valence-electron chi connectivity index (χ3n) is 3.13. The van der Waals surface area contributed by atoms with Crippen molar-refractivity contribution in [2.24, 2.45) is 0 Å². The van der Waals surface area contributed by atoms with Gasteiger partial charge in [0.05, 0.1) is 0 Å². The van der Waals surface area contributed by atoms with Crippen molar-refractivity contribution in [1.82, 2.24) is 5.32 Å². The number of rotatable bonds is 2. The summed E-state index contributed by atoms with van der Waals surface area (Å²) in [6.45, 7) is 6.81. The van der Waals surface area contributed by atoms with E-state index >= 15 is 0 Å². The molecule has 15 heavy (non-hydrogen) atoms. The fraction of sp³-hybridized carbons (Fsp3) is 0.385. The van der Waals surface area contributed by atoms with Gasteiger partial charge in [-0.3, -0.25) is 0 Å². The van der Waals surface area contributed by atoms with Crippen LogP contribution in [0.1, 0.15) is 24.5 Å². The minimum atomic E-state index is -0.160. The van der Waals surface area contributed by atoms with Gasteiger partial charge in [0.2, 0.25) is 0 Å². The second-order valence-corrected chi connectivity index (χ2v) is 4.30. The van der Waals surface area contributed by atoms with Gasteiger partial charge < -0.3 is 5.32 Å². The third-order valence-corrected chi connectivity index (χ3v) is 3.13. The Labute approximate surface area is 90.0 Å². The molecule has 0 fully saturated rings. The molecule has 1 unspecified atom stereocenters. The molecule has 0 amide bonds. The van der Waals surface area contributed by atoms with Crippen LogP contribution in [-0.2, 0) is 12.0 Å². The van der Waals surface area contributed by atoms with E-state index in [-0.39, 0.29) is 11.4 Å². The molecule has 80 valence electrons. The van der Waals surface area contributed by atoms with Crippen molar-refractivity contribution < 1.29 is 4.39 Å². The molecule has 0 saturated carbocycles. The lowest BCUT2D eigenvalue weighted by Gasteiger charge is -2.36. The molecule has 1 atom stereocenters. The molecule has 1 aliphatic rings. The summed E-state index contributed by atoms with van der Waals surface area (Å²) in [4.78, 5) is 0. The van der Waals surface area contributed by atoms with Gasteiger partial charge >= 0.3 is 0 Å². The van der Waals surface area contributed by atoms with Crippen molar-refractivity contribution >= 4 is 0 Å². The molecule has 1 aromatic rings. The molecular weight excluding hydrogens is 189 g/mol. The normalized spacial score (nSPS) is 24.7. The molecule has 0 bridgehead atoms. The standard InChI is InChI=1S/C13H16FN/c1-3-7-13(2)12-9-11(14)5-4-10(12)6-8-15-13/h3-5,9,15H,1,6-8H2,2H3. The van der Waals surface area contributed by atoms with Crippen LogP contribution in [-0.4, -0.2) is 6.54 Å². The minimum Gasteiger partial charge on any atom is -0.307 e. The van der Waals surface area contributed by atoms with Gasteiger partial charge in [0.25, 0.3) is 0 Å². The van der Waals surface area contributed by atoms with Crippen LogP contribution in [0.5, 0.6) is 0 Å². The van der Waals surface area contributed by atoms with Gasteiger partial charge in [0.15, 0.2) is 0 Å². The molecule has 0 aromatic heterocycles. The maximum atomic E-state index is 13.2. The van der Waals surface area contributed by atoms with Crippen LogP contribution in [0.3, 0.4) is 0 Å². The van der Waals surface area contributed by atoms with Crippen molar-refractivity contribution in [2.75, 3.05) is 6.54 Å². The Morgan fingerprint density at radius 2 is 2.40 bits per heavy atom. The molecule has 1 aliphatic heterocycles. The predicted molar refractivity (Wildman–Crippen MR) is 60.3 cm³/mol. The highest BCUT2D eigenvalue weighted by Gasteiger charge is 2.30. The average Bonchev–Trinajstić information content (AvgIpc) is 2.20. The quantitative estimate of drug-likeness (QED) is 0.732. The van der Waals surface area contributed by atoms with Crippen molar-refractivity contribution in [1.29, 1.82) is 0 Å². The first-order valence-corrected chi connectivity index (χ1v) is 5.30. The first-order chi connectivity index (χ1) is 7.15. The van der Waals surface area contributed by atoms with E-state index in [1.165, 1.54) is 5.56 Å². The lowest BCUT2D eigenvalue weighted by molar-refractivity contribution is 0.349. The maximum Gasteiger partial charge on any atom is 0.123 e. The Balaban J connectivity index is 2.48. The van der Waals surface area contributed by atoms with E-state index in [0.29, 0.717) is 0 Å². The summed E-state index contributed by atoms with van der Waals surface area (Å²) < 4.78 is 13.2. The monoisotopic (exact) mass is 205 g/mol. The van der Waals surface area contributed by atoms with E-state index in [4.69, 9.17) is 0 Å². The summed E-state index contributed by atoms with van der Waals surface area (Å²) in [5.41, 5.74) is 2.17. The Bertz CT molecular complexity index is 386. The van der Waals surface area contributed by atoms with Crippen molar-refractivity contribution in [3.63, 3.8) is 0 Å². The summed E-state index contributed by atoms with van der Waals surface area (Å²) in [6.07, 6.45) is 3.68. The van der Waals surface area contributed by atoms with Gasteiger partial charge in [-0.1, -0.05) is 12.1 Å². The molecular formula is C13H16FN. The topological polar surface area (TPSA) is 12.0 Å². The predicted octanol–water partition coefficient (Wildman–Crippen LogP) is 2.76. The van der Waals surface area contributed by atoms with Crippen LogP contribution in [0.25, 0.3) is 0 Å². The van der Waals surface area contributed by atoms with E-state index < -0.39 is 0 Å². The van der Waals surface area contributed by atoms with Crippen molar-refractivity contribution in [3.05, 3.63) is 47.8 Å². The molecule has 1 N–H and O–H groups in total. The second-order valence-electron chi connectivity index (χ2n) is 4.30. The highest BCUT2D eigenvalue weighted by atomic mass is 19.1. The number of hydrogen-bond acceptors (Lipinski definition) is 1. The van der Waals surface area contributed by atoms with Crippen LogP contribution in [0, 0.1) is 5.82 Å². The Hall–Kier alpha value is -1.15. The molecule has 2 heteroatoms. The van der Waals surface area contributed by atoms with Gasteiger partial charge in [0, 0.05) is 12.1 Å². The van der Waals surface area contributed by atoms with Crippen LogP contribution < -0.4 is 5.32 Å². The molecule has 2 rings (SSSR count). The lowest BCUT2D eigenvalue weighted by Crippen LogP contribution is -2.44. The number of nitrogens with one attached hydrogen (secondary N) is 1. The second kappa shape index (κ2) is 3.78. The fourth-order valence-corrected chi connectivity index (χ4v) is 2.32. The number of benzene rings is 1. The molecule has 0 radical (unpaired) electrons. The van der Waals surface area contributed by atoms with Gasteiger partial charge in [-0.2, -0.15) is 0 Å². The summed E-state index contributed by atoms with van der Waals surface area (Å²) in [5.74, 6) is -0.160. The summed E-state index contributed by atoms with van der Waals surface area (Å²) in [7, 11) is 0. The highest BCUT2D eigenvalue weighted by Crippen LogP contribution is 2.31. The number of hydrogen-bond donors (Lipinski definition) is 1. The Morgan fingerprint density at radius 1 is 1.60 bits per heavy atom. The van der Waals surface area contributed by atoms with Gasteiger partial charge in [-0.25, -0.2) is 4.39 Å². The third kappa shape index (κ3) is 1.82. The summed E-state index contributed by atoms with van der Waals surface area (Å²) in [5, 5.41) is 3.44. The first-order valence-electron chi connectivity index (χ1n) is 5.30. The number of halogens is 1. The molecule has 0 aliphatic carbocycles. The molecule has 1 heterocycles. The fourth-order valence-electron chi connectivity index (χ4n) is 2.32. The van der Waals surface area contributed by atoms with Crippen LogP contribution in [0.2, 0.25) is 0 Å². The smallest absolute Gasteiger partial charge is 0.123 e. The van der Waals surface area contributed by atoms with Crippen LogP contribution >= 0.6 is 0 Å². The van der Waals surface area contributed by atoms with Crippen LogP contribution in [0.4, 0.5) is 4.39 Å². The van der Waals surface area contributed by atoms with Crippen molar-refractivity contribution in [3.8, 4) is 0 Å². The first kappa shape index (κ1) is 10.4. The largest absolute Gasteiger partial charge is 0.307 e. The van der Waals surface area contributed by atoms with E-state index in [1.54, 1.807) is 12.1 Å². The maximum absolute atomic E-state index is 13.2. The summed E-state index contributed by atoms with van der Waals surface area (Å²) >= 11 is 0. The molecule has 0 spiro atoms. The summed E-state index contributed by atoms with van der Waals surface area (Å²) in [6, 6.07) is 5.08. The van der Waals surface area contributed by atoms with E-state index in [2.05, 4.69) is 18.8 Å². The van der Waals surface area contributed by atoms with E-state index in [1.807, 2.05) is 12.1 Å². The van der Waals surface area contributed by atoms with Crippen molar-refractivity contribution in [2.45, 2.75) is 25.3 Å². The SMILES string of the molecule is C=CCC1(C)NCCc2ccc(F)cc21. The Kier molecular flexibility index (Phi) is 2.61. The minimum absolute atomic E-state index is 0.155. The zero-order valence-corrected chi connectivity index (χ0v) is 9.02. The lowest BCUT2D eigenvalue weighted by atomic mass is 9.81. The van der Waals surface area contributed by atoms with Gasteiger partial charge in [0.1, 0.15) is 5.82 Å². The zero-order valence-electron chi connectivity index (χ0n) is 9.02. The van der Waals surface area contributed by atoms with Crippen LogP contribution in [0.15, 0.2) is 30.9 Å². The average molecular weight is 205 g/mol.